The summed E-state index contributed by atoms with van der Waals surface area (Å²) >= 11 is 0. The highest BCUT2D eigenvalue weighted by molar-refractivity contribution is 5.93. The van der Waals surface area contributed by atoms with Gasteiger partial charge in [-0.2, -0.15) is 0 Å². The number of carbonyl (C=O) groups is 1. The molecule has 0 saturated carbocycles. The Morgan fingerprint density at radius 1 is 1.07 bits per heavy atom. The van der Waals surface area contributed by atoms with Crippen LogP contribution in [0, 0.1) is 11.8 Å². The van der Waals surface area contributed by atoms with Crippen LogP contribution in [0.15, 0.2) is 60.7 Å². The molecule has 3 rings (SSSR count). The zero-order chi connectivity index (χ0) is 19.9. The summed E-state index contributed by atoms with van der Waals surface area (Å²) < 4.78 is 0. The van der Waals surface area contributed by atoms with E-state index in [1.807, 2.05) is 25.1 Å². The Morgan fingerprint density at radius 2 is 1.71 bits per heavy atom. The van der Waals surface area contributed by atoms with Gasteiger partial charge in [-0.15, -0.1) is 0 Å². The normalized spacial score (nSPS) is 20.3. The van der Waals surface area contributed by atoms with Crippen LogP contribution in [0.5, 0.6) is 0 Å². The van der Waals surface area contributed by atoms with Gasteiger partial charge in [-0.3, -0.25) is 4.79 Å². The van der Waals surface area contributed by atoms with Gasteiger partial charge in [-0.05, 0) is 42.4 Å². The molecule has 3 nitrogen and oxygen atoms in total. The number of amides is 1. The van der Waals surface area contributed by atoms with Gasteiger partial charge in [0.05, 0.1) is 0 Å². The van der Waals surface area contributed by atoms with Crippen molar-refractivity contribution in [2.24, 2.45) is 11.8 Å². The lowest BCUT2D eigenvalue weighted by Gasteiger charge is -2.45. The van der Waals surface area contributed by atoms with Crippen molar-refractivity contribution >= 4 is 11.6 Å². The van der Waals surface area contributed by atoms with E-state index in [1.54, 1.807) is 0 Å². The van der Waals surface area contributed by atoms with Crippen LogP contribution >= 0.6 is 0 Å². The molecule has 2 aromatic carbocycles. The molecule has 0 aliphatic carbocycles. The van der Waals surface area contributed by atoms with Crippen molar-refractivity contribution in [3.05, 3.63) is 66.2 Å². The van der Waals surface area contributed by atoms with E-state index in [9.17, 15) is 4.79 Å². The molecule has 0 aromatic heterocycles. The fourth-order valence-electron chi connectivity index (χ4n) is 4.43. The zero-order valence-corrected chi connectivity index (χ0v) is 17.6. The summed E-state index contributed by atoms with van der Waals surface area (Å²) in [5, 5.41) is 0. The first-order valence-electron chi connectivity index (χ1n) is 10.7. The van der Waals surface area contributed by atoms with E-state index in [2.05, 4.69) is 66.1 Å². The molecule has 2 aromatic rings. The minimum atomic E-state index is 0.236. The van der Waals surface area contributed by atoms with E-state index in [4.69, 9.17) is 0 Å². The molecule has 1 amide bonds. The van der Waals surface area contributed by atoms with Crippen LogP contribution in [0.25, 0.3) is 0 Å². The van der Waals surface area contributed by atoms with E-state index in [-0.39, 0.29) is 11.9 Å². The molecule has 0 radical (unpaired) electrons. The highest BCUT2D eigenvalue weighted by atomic mass is 16.2. The minimum absolute atomic E-state index is 0.236. The van der Waals surface area contributed by atoms with Crippen molar-refractivity contribution in [3.63, 3.8) is 0 Å². The lowest BCUT2D eigenvalue weighted by atomic mass is 9.82. The molecule has 0 bridgehead atoms. The standard InChI is InChI=1S/C25H34N2O/c1-4-25(28)27(22-13-9-6-10-14-22)24-16-18-26(19-23(24)20(2)3)17-15-21-11-7-5-8-12-21/h5-14,20,23-24H,4,15-19H2,1-3H3/t23-,24-/m0/s1. The summed E-state index contributed by atoms with van der Waals surface area (Å²) in [6, 6.07) is 21.3. The molecule has 2 atom stereocenters. The fourth-order valence-corrected chi connectivity index (χ4v) is 4.43. The van der Waals surface area contributed by atoms with Gasteiger partial charge in [0.1, 0.15) is 0 Å². The van der Waals surface area contributed by atoms with E-state index >= 15 is 0 Å². The summed E-state index contributed by atoms with van der Waals surface area (Å²) in [6.45, 7) is 9.79. The summed E-state index contributed by atoms with van der Waals surface area (Å²) in [4.78, 5) is 17.6. The average molecular weight is 379 g/mol. The first kappa shape index (κ1) is 20.6. The van der Waals surface area contributed by atoms with Crippen molar-refractivity contribution in [1.82, 2.24) is 4.90 Å². The molecule has 0 spiro atoms. The third-order valence-corrected chi connectivity index (χ3v) is 6.06. The van der Waals surface area contributed by atoms with Gasteiger partial charge in [0.2, 0.25) is 5.91 Å². The second kappa shape index (κ2) is 9.88. The van der Waals surface area contributed by atoms with E-state index in [1.165, 1.54) is 5.56 Å². The van der Waals surface area contributed by atoms with E-state index in [0.717, 1.165) is 38.2 Å². The maximum Gasteiger partial charge on any atom is 0.226 e. The smallest absolute Gasteiger partial charge is 0.226 e. The second-order valence-corrected chi connectivity index (χ2v) is 8.25. The second-order valence-electron chi connectivity index (χ2n) is 8.25. The maximum absolute atomic E-state index is 12.9. The fraction of sp³-hybridized carbons (Fsp3) is 0.480. The van der Waals surface area contributed by atoms with Gasteiger partial charge in [-0.1, -0.05) is 69.3 Å². The van der Waals surface area contributed by atoms with Crippen LogP contribution in [0.4, 0.5) is 5.69 Å². The number of hydrogen-bond acceptors (Lipinski definition) is 2. The molecule has 28 heavy (non-hydrogen) atoms. The van der Waals surface area contributed by atoms with Crippen LogP contribution in [0.3, 0.4) is 0 Å². The first-order valence-corrected chi connectivity index (χ1v) is 10.7. The van der Waals surface area contributed by atoms with Crippen LogP contribution in [-0.2, 0) is 11.2 Å². The summed E-state index contributed by atoms with van der Waals surface area (Å²) in [5.41, 5.74) is 2.44. The third kappa shape index (κ3) is 5.02. The SMILES string of the molecule is CCC(=O)N(c1ccccc1)[C@H]1CCN(CCc2ccccc2)C[C@H]1C(C)C. The van der Waals surface area contributed by atoms with Gasteiger partial charge in [0.15, 0.2) is 0 Å². The molecule has 1 fully saturated rings. The van der Waals surface area contributed by atoms with Gasteiger partial charge in [0, 0.05) is 37.8 Å². The maximum atomic E-state index is 12.9. The Labute approximate surface area is 170 Å². The molecular formula is C25H34N2O. The third-order valence-electron chi connectivity index (χ3n) is 6.06. The monoisotopic (exact) mass is 378 g/mol. The van der Waals surface area contributed by atoms with Crippen LogP contribution < -0.4 is 4.90 Å². The van der Waals surface area contributed by atoms with Crippen molar-refractivity contribution in [2.75, 3.05) is 24.5 Å². The summed E-state index contributed by atoms with van der Waals surface area (Å²) in [6.07, 6.45) is 2.68. The Hall–Kier alpha value is -2.13. The molecule has 3 heteroatoms. The molecule has 0 unspecified atom stereocenters. The number of anilines is 1. The molecule has 1 aliphatic rings. The predicted octanol–water partition coefficient (Wildman–Crippen LogP) is 5.02. The zero-order valence-electron chi connectivity index (χ0n) is 17.6. The number of rotatable bonds is 7. The quantitative estimate of drug-likeness (QED) is 0.675. The largest absolute Gasteiger partial charge is 0.309 e. The molecule has 1 aliphatic heterocycles. The molecular weight excluding hydrogens is 344 g/mol. The number of carbonyl (C=O) groups excluding carboxylic acids is 1. The van der Waals surface area contributed by atoms with Crippen molar-refractivity contribution in [3.8, 4) is 0 Å². The Kier molecular flexibility index (Phi) is 7.27. The number of para-hydroxylation sites is 1. The number of benzene rings is 2. The van der Waals surface area contributed by atoms with Gasteiger partial charge in [0.25, 0.3) is 0 Å². The highest BCUT2D eigenvalue weighted by Gasteiger charge is 2.37. The van der Waals surface area contributed by atoms with E-state index in [0.29, 0.717) is 18.3 Å². The number of likely N-dealkylation sites (tertiary alicyclic amines) is 1. The minimum Gasteiger partial charge on any atom is -0.309 e. The van der Waals surface area contributed by atoms with Crippen LogP contribution in [0.1, 0.15) is 39.2 Å². The van der Waals surface area contributed by atoms with Crippen molar-refractivity contribution in [2.45, 2.75) is 46.1 Å². The highest BCUT2D eigenvalue weighted by Crippen LogP contribution is 2.32. The molecule has 0 N–H and O–H groups in total. The molecule has 1 saturated heterocycles. The number of nitrogens with zero attached hydrogens (tertiary/aromatic N) is 2. The summed E-state index contributed by atoms with van der Waals surface area (Å²) in [5.74, 6) is 1.26. The average Bonchev–Trinajstić information content (AvgIpc) is 2.74. The first-order chi connectivity index (χ1) is 13.6. The number of piperidine rings is 1. The Bertz CT molecular complexity index is 729. The summed E-state index contributed by atoms with van der Waals surface area (Å²) in [7, 11) is 0. The number of hydrogen-bond donors (Lipinski definition) is 0. The topological polar surface area (TPSA) is 23.6 Å². The lowest BCUT2D eigenvalue weighted by molar-refractivity contribution is -0.119. The van der Waals surface area contributed by atoms with Crippen LogP contribution in [0.2, 0.25) is 0 Å². The van der Waals surface area contributed by atoms with E-state index < -0.39 is 0 Å². The Morgan fingerprint density at radius 3 is 2.32 bits per heavy atom. The molecule has 150 valence electrons. The van der Waals surface area contributed by atoms with Crippen molar-refractivity contribution in [1.29, 1.82) is 0 Å². The van der Waals surface area contributed by atoms with Gasteiger partial charge in [-0.25, -0.2) is 0 Å². The molecule has 1 heterocycles. The van der Waals surface area contributed by atoms with Crippen molar-refractivity contribution < 1.29 is 4.79 Å². The predicted molar refractivity (Wildman–Crippen MR) is 118 cm³/mol. The van der Waals surface area contributed by atoms with Gasteiger partial charge >= 0.3 is 0 Å². The Balaban J connectivity index is 1.73. The van der Waals surface area contributed by atoms with Crippen LogP contribution in [-0.4, -0.2) is 36.5 Å². The van der Waals surface area contributed by atoms with Gasteiger partial charge < -0.3 is 9.80 Å². The lowest BCUT2D eigenvalue weighted by Crippen LogP contribution is -2.55.